The van der Waals surface area contributed by atoms with Gasteiger partial charge in [0, 0.05) is 32.6 Å². The maximum absolute atomic E-state index is 13.3. The Morgan fingerprint density at radius 3 is 1.41 bits per heavy atom. The Hall–Kier alpha value is -6.14. The summed E-state index contributed by atoms with van der Waals surface area (Å²) in [6, 6.07) is 20.2. The fourth-order valence-electron chi connectivity index (χ4n) is 5.64. The second kappa shape index (κ2) is 20.8. The third-order valence-electron chi connectivity index (χ3n) is 8.99. The summed E-state index contributed by atoms with van der Waals surface area (Å²) in [5, 5.41) is 11.7. The molecule has 0 unspecified atom stereocenters. The van der Waals surface area contributed by atoms with E-state index in [2.05, 4.69) is 5.32 Å². The first kappa shape index (κ1) is 51.2. The molecule has 4 aromatic carbocycles. The Morgan fingerprint density at radius 1 is 0.635 bits per heavy atom. The highest BCUT2D eigenvalue weighted by Crippen LogP contribution is 2.31. The fraction of sp³-hybridized carbons (Fsp3) is 0.378. The number of ether oxygens (including phenoxy) is 4. The molecule has 342 valence electrons. The number of aryl methyl sites for hydroxylation is 2. The van der Waals surface area contributed by atoms with Crippen molar-refractivity contribution in [3.63, 3.8) is 0 Å². The molecule has 0 aliphatic carbocycles. The normalized spacial score (nSPS) is 12.1. The van der Waals surface area contributed by atoms with Gasteiger partial charge in [0.25, 0.3) is 26.0 Å². The first-order valence-electron chi connectivity index (χ1n) is 19.6. The lowest BCUT2D eigenvalue weighted by atomic mass is 10.1. The van der Waals surface area contributed by atoms with Gasteiger partial charge in [0.15, 0.2) is 0 Å². The Labute approximate surface area is 370 Å². The first-order chi connectivity index (χ1) is 29.1. The summed E-state index contributed by atoms with van der Waals surface area (Å²) in [5.74, 6) is -2.83. The van der Waals surface area contributed by atoms with Crippen molar-refractivity contribution in [2.45, 2.75) is 95.3 Å². The summed E-state index contributed by atoms with van der Waals surface area (Å²) in [4.78, 5) is 49.8. The highest BCUT2D eigenvalue weighted by atomic mass is 32.2. The average Bonchev–Trinajstić information content (AvgIpc) is 3.20. The molecule has 0 saturated heterocycles. The van der Waals surface area contributed by atoms with Gasteiger partial charge in [0.05, 0.1) is 40.9 Å². The van der Waals surface area contributed by atoms with Gasteiger partial charge in [0.2, 0.25) is 0 Å². The lowest BCUT2D eigenvalue weighted by Gasteiger charge is -2.25. The lowest BCUT2D eigenvalue weighted by Crippen LogP contribution is -2.44. The zero-order valence-electron chi connectivity index (χ0n) is 37.6. The molecule has 63 heavy (non-hydrogen) atoms. The minimum atomic E-state index is -3.87. The number of rotatable bonds is 15. The van der Waals surface area contributed by atoms with Gasteiger partial charge in [-0.15, -0.1) is 0 Å². The maximum atomic E-state index is 13.3. The number of hydrogen-bond donors (Lipinski definition) is 2. The van der Waals surface area contributed by atoms with Crippen molar-refractivity contribution in [1.29, 1.82) is 0 Å². The van der Waals surface area contributed by atoms with Crippen molar-refractivity contribution in [3.8, 4) is 11.5 Å². The highest BCUT2D eigenvalue weighted by molar-refractivity contribution is 7.93. The van der Waals surface area contributed by atoms with Crippen molar-refractivity contribution in [2.24, 2.45) is 0 Å². The van der Waals surface area contributed by atoms with Crippen LogP contribution in [0.2, 0.25) is 0 Å². The van der Waals surface area contributed by atoms with E-state index in [9.17, 15) is 36.0 Å². The van der Waals surface area contributed by atoms with E-state index in [1.54, 1.807) is 65.8 Å². The van der Waals surface area contributed by atoms with Gasteiger partial charge in [-0.1, -0.05) is 35.4 Å². The molecular weight excluding hydrogens is 855 g/mol. The van der Waals surface area contributed by atoms with Crippen molar-refractivity contribution in [1.82, 2.24) is 5.32 Å². The van der Waals surface area contributed by atoms with Gasteiger partial charge in [0.1, 0.15) is 34.3 Å². The van der Waals surface area contributed by atoms with Crippen molar-refractivity contribution in [2.75, 3.05) is 36.9 Å². The molecule has 0 aromatic heterocycles. The minimum Gasteiger partial charge on any atom is -0.496 e. The van der Waals surface area contributed by atoms with E-state index < -0.39 is 61.1 Å². The van der Waals surface area contributed by atoms with E-state index in [0.29, 0.717) is 5.69 Å². The first-order valence-corrected chi connectivity index (χ1v) is 22.5. The molecule has 0 aliphatic rings. The number of esters is 2. The van der Waals surface area contributed by atoms with Gasteiger partial charge in [-0.25, -0.2) is 26.4 Å². The van der Waals surface area contributed by atoms with Crippen LogP contribution in [0.4, 0.5) is 11.4 Å². The third kappa shape index (κ3) is 14.2. The zero-order chi connectivity index (χ0) is 47.7. The van der Waals surface area contributed by atoms with Crippen LogP contribution >= 0.6 is 0 Å². The molecule has 4 rings (SSSR count). The molecule has 1 amide bonds. The van der Waals surface area contributed by atoms with Crippen molar-refractivity contribution >= 4 is 55.2 Å². The Bertz CT molecular complexity index is 2490. The quantitative estimate of drug-likeness (QED) is 0.116. The summed E-state index contributed by atoms with van der Waals surface area (Å²) in [7, 11) is -2.12. The molecule has 18 heteroatoms. The summed E-state index contributed by atoms with van der Waals surface area (Å²) in [6.07, 6.45) is -0.174. The molecule has 2 N–H and O–H groups in total. The number of anilines is 2. The van der Waals surface area contributed by atoms with E-state index in [1.165, 1.54) is 89.0 Å². The molecule has 0 heterocycles. The molecule has 16 nitrogen and oxygen atoms in total. The van der Waals surface area contributed by atoms with Gasteiger partial charge in [-0.2, -0.15) is 0 Å². The van der Waals surface area contributed by atoms with Crippen LogP contribution in [0, 0.1) is 13.8 Å². The summed E-state index contributed by atoms with van der Waals surface area (Å²) < 4.78 is 74.9. The van der Waals surface area contributed by atoms with E-state index in [1.807, 2.05) is 13.8 Å². The number of nitrogens with one attached hydrogen (secondary N) is 1. The number of nitrogens with zero attached hydrogens (tertiary/aromatic N) is 2. The van der Waals surface area contributed by atoms with Crippen LogP contribution in [0.15, 0.2) is 94.7 Å². The molecule has 0 radical (unpaired) electrons. The molecule has 0 fully saturated rings. The largest absolute Gasteiger partial charge is 0.496 e. The van der Waals surface area contributed by atoms with Crippen molar-refractivity contribution in [3.05, 3.63) is 107 Å². The van der Waals surface area contributed by atoms with Gasteiger partial charge in [-0.3, -0.25) is 18.2 Å². The van der Waals surface area contributed by atoms with Crippen LogP contribution in [0.25, 0.3) is 0 Å². The van der Waals surface area contributed by atoms with Crippen LogP contribution in [-0.4, -0.2) is 91.3 Å². The second-order valence-electron chi connectivity index (χ2n) is 16.3. The Balaban J connectivity index is 0.000000387. The predicted molar refractivity (Wildman–Crippen MR) is 239 cm³/mol. The van der Waals surface area contributed by atoms with E-state index in [0.717, 1.165) is 19.7 Å². The Morgan fingerprint density at radius 2 is 1.03 bits per heavy atom. The number of carboxylic acids is 1. The molecule has 0 spiro atoms. The maximum Gasteiger partial charge on any atom is 0.339 e. The molecule has 0 bridgehead atoms. The number of sulfonamides is 2. The van der Waals surface area contributed by atoms with E-state index in [4.69, 9.17) is 24.1 Å². The van der Waals surface area contributed by atoms with Crippen LogP contribution in [0.3, 0.4) is 0 Å². The number of hydrogen-bond acceptors (Lipinski definition) is 12. The Kier molecular flexibility index (Phi) is 16.9. The molecule has 1 atom stereocenters. The monoisotopic (exact) mass is 911 g/mol. The topological polar surface area (TPSA) is 212 Å². The minimum absolute atomic E-state index is 0.0302. The van der Waals surface area contributed by atoms with Gasteiger partial charge < -0.3 is 29.4 Å². The summed E-state index contributed by atoms with van der Waals surface area (Å²) in [6.45, 7) is 14.0. The SMILES string of the molecule is COc1cc(N(C)S(=O)(=O)c2ccc(C)cc2)ccc1C(=O)N[C@@H](CCC(=O)OC(C)(C)C)C(=O)OC(C)(C)C.COc1cc(N(C)S(=O)(=O)c2ccc(C)cc2)ccc1C(=O)O. The van der Waals surface area contributed by atoms with Gasteiger partial charge in [-0.05, 0) is 110 Å². The number of amides is 1. The number of carboxylic acid groups (broad SMARTS) is 1. The highest BCUT2D eigenvalue weighted by Gasteiger charge is 2.30. The molecule has 4 aromatic rings. The standard InChI is InChI=1S/C29H40N2O8S.C16H17NO5S/c1-19-10-13-21(14-11-19)40(35,36)31(8)20-12-15-22(24(18-20)37-9)26(33)30-23(27(34)39-29(5,6)7)16-17-25(32)38-28(2,3)4;1-11-4-7-13(8-5-11)23(20,21)17(2)12-6-9-14(16(18)19)15(10-12)22-3/h10-15,18,23H,16-17H2,1-9H3,(H,30,33);4-10H,1-3H3,(H,18,19)/t23-;/m0./s1. The van der Waals surface area contributed by atoms with Crippen LogP contribution < -0.4 is 23.4 Å². The van der Waals surface area contributed by atoms with Crippen LogP contribution in [-0.2, 0) is 39.1 Å². The van der Waals surface area contributed by atoms with Crippen molar-refractivity contribution < 1.29 is 60.1 Å². The average molecular weight is 912 g/mol. The predicted octanol–water partition coefficient (Wildman–Crippen LogP) is 6.92. The van der Waals surface area contributed by atoms with Crippen LogP contribution in [0.1, 0.15) is 86.2 Å². The smallest absolute Gasteiger partial charge is 0.339 e. The number of carbonyl (C=O) groups is 4. The third-order valence-corrected chi connectivity index (χ3v) is 12.6. The molecule has 0 aliphatic heterocycles. The number of benzene rings is 4. The second-order valence-corrected chi connectivity index (χ2v) is 20.3. The number of carbonyl (C=O) groups excluding carboxylic acids is 3. The van der Waals surface area contributed by atoms with Crippen LogP contribution in [0.5, 0.6) is 11.5 Å². The number of methoxy groups -OCH3 is 2. The summed E-state index contributed by atoms with van der Waals surface area (Å²) >= 11 is 0. The molecular formula is C45H57N3O13S2. The number of aromatic carboxylic acids is 1. The fourth-order valence-corrected chi connectivity index (χ4v) is 8.02. The summed E-state index contributed by atoms with van der Waals surface area (Å²) in [5.41, 5.74) is 0.981. The van der Waals surface area contributed by atoms with Gasteiger partial charge >= 0.3 is 17.9 Å². The molecule has 0 saturated carbocycles. The van der Waals surface area contributed by atoms with E-state index >= 15 is 0 Å². The lowest BCUT2D eigenvalue weighted by molar-refractivity contribution is -0.158. The zero-order valence-corrected chi connectivity index (χ0v) is 39.3. The van der Waals surface area contributed by atoms with E-state index in [-0.39, 0.29) is 50.9 Å².